The summed E-state index contributed by atoms with van der Waals surface area (Å²) in [5, 5.41) is 0. The minimum Gasteiger partial charge on any atom is -0.239 e. The molecule has 0 saturated heterocycles. The highest BCUT2D eigenvalue weighted by Crippen LogP contribution is 2.55. The maximum atomic E-state index is 15.7. The zero-order valence-corrected chi connectivity index (χ0v) is 20.1. The lowest BCUT2D eigenvalue weighted by atomic mass is 9.68. The summed E-state index contributed by atoms with van der Waals surface area (Å²) in [6.45, 7) is 5.90. The van der Waals surface area contributed by atoms with Gasteiger partial charge >= 0.3 is 0 Å². The van der Waals surface area contributed by atoms with Crippen molar-refractivity contribution in [3.63, 3.8) is 0 Å². The maximum Gasteiger partial charge on any atom is 0.164 e. The summed E-state index contributed by atoms with van der Waals surface area (Å²) in [7, 11) is 0. The van der Waals surface area contributed by atoms with E-state index in [2.05, 4.69) is 13.0 Å². The molecule has 0 bridgehead atoms. The average Bonchev–Trinajstić information content (AvgIpc) is 2.80. The first-order valence-corrected chi connectivity index (χ1v) is 12.7. The van der Waals surface area contributed by atoms with Crippen molar-refractivity contribution in [3.8, 4) is 0 Å². The molecule has 0 nitrogen and oxygen atoms in total. The van der Waals surface area contributed by atoms with E-state index in [9.17, 15) is 0 Å². The lowest BCUT2D eigenvalue weighted by Gasteiger charge is -2.38. The fourth-order valence-electron chi connectivity index (χ4n) is 5.98. The number of hydrogen-bond acceptors (Lipinski definition) is 0. The summed E-state index contributed by atoms with van der Waals surface area (Å²) in [5.74, 6) is -1.24. The predicted molar refractivity (Wildman–Crippen MR) is 128 cm³/mol. The van der Waals surface area contributed by atoms with Gasteiger partial charge < -0.3 is 0 Å². The lowest BCUT2D eigenvalue weighted by molar-refractivity contribution is 0.180. The van der Waals surface area contributed by atoms with Crippen LogP contribution in [0.2, 0.25) is 0 Å². The van der Waals surface area contributed by atoms with Crippen LogP contribution in [0.25, 0.3) is 5.57 Å². The van der Waals surface area contributed by atoms with Crippen molar-refractivity contribution in [2.75, 3.05) is 0 Å². The molecule has 0 aromatic heterocycles. The number of hydrogen-bond donors (Lipinski definition) is 0. The number of benzene rings is 1. The van der Waals surface area contributed by atoms with E-state index in [-0.39, 0.29) is 17.1 Å². The molecule has 1 aromatic rings. The molecular formula is C29H36F4. The molecule has 1 aromatic carbocycles. The molecule has 4 atom stereocenters. The quantitative estimate of drug-likeness (QED) is 0.216. The highest BCUT2D eigenvalue weighted by Gasteiger charge is 2.46. The Morgan fingerprint density at radius 2 is 1.79 bits per heavy atom. The smallest absolute Gasteiger partial charge is 0.164 e. The Morgan fingerprint density at radius 3 is 2.45 bits per heavy atom. The maximum absolute atomic E-state index is 15.7. The highest BCUT2D eigenvalue weighted by molar-refractivity contribution is 5.86. The highest BCUT2D eigenvalue weighted by atomic mass is 19.2. The van der Waals surface area contributed by atoms with E-state index in [4.69, 9.17) is 0 Å². The van der Waals surface area contributed by atoms with E-state index in [0.29, 0.717) is 29.5 Å². The van der Waals surface area contributed by atoms with E-state index in [1.54, 1.807) is 25.1 Å². The van der Waals surface area contributed by atoms with Crippen LogP contribution in [0.15, 0.2) is 41.3 Å². The molecule has 0 radical (unpaired) electrons. The molecule has 0 saturated carbocycles. The lowest BCUT2D eigenvalue weighted by Crippen LogP contribution is -2.30. The van der Waals surface area contributed by atoms with Crippen molar-refractivity contribution in [3.05, 3.63) is 63.8 Å². The molecule has 4 unspecified atom stereocenters. The third-order valence-electron chi connectivity index (χ3n) is 7.97. The molecule has 33 heavy (non-hydrogen) atoms. The molecule has 0 aliphatic heterocycles. The Balaban J connectivity index is 1.65. The van der Waals surface area contributed by atoms with Gasteiger partial charge in [-0.25, -0.2) is 17.6 Å². The second-order valence-corrected chi connectivity index (χ2v) is 10.4. The molecule has 3 aliphatic carbocycles. The van der Waals surface area contributed by atoms with Crippen LogP contribution in [0.1, 0.15) is 114 Å². The van der Waals surface area contributed by atoms with Gasteiger partial charge in [0.1, 0.15) is 11.6 Å². The summed E-state index contributed by atoms with van der Waals surface area (Å²) in [5.41, 5.74) is 1.29. The molecule has 0 amide bonds. The first-order chi connectivity index (χ1) is 15.8. The summed E-state index contributed by atoms with van der Waals surface area (Å²) in [6.07, 6.45) is 8.50. The van der Waals surface area contributed by atoms with Crippen LogP contribution >= 0.6 is 0 Å². The minimum atomic E-state index is -2.19. The average molecular weight is 461 g/mol. The molecule has 0 N–H and O–H groups in total. The van der Waals surface area contributed by atoms with Crippen LogP contribution in [0.3, 0.4) is 0 Å². The fourth-order valence-corrected chi connectivity index (χ4v) is 5.98. The summed E-state index contributed by atoms with van der Waals surface area (Å²) < 4.78 is 61.7. The van der Waals surface area contributed by atoms with E-state index in [1.165, 1.54) is 24.8 Å². The second-order valence-electron chi connectivity index (χ2n) is 10.4. The standard InChI is InChI=1S/C29H36F4/c1-4-6-7-8-18-9-11-19(12-10-18)20-13-14-21-22-15-17-29(3,16-5-2)28(33)24(22)27(32)26(31)23(21)25(20)30/h9,13-15,19,26-27H,4-8,10-12,16-17H2,1-3H3. The van der Waals surface area contributed by atoms with Gasteiger partial charge in [0, 0.05) is 16.6 Å². The van der Waals surface area contributed by atoms with Crippen molar-refractivity contribution in [1.82, 2.24) is 0 Å². The Labute approximate surface area is 195 Å². The van der Waals surface area contributed by atoms with Gasteiger partial charge in [0.25, 0.3) is 0 Å². The molecule has 0 spiro atoms. The molecule has 0 fully saturated rings. The Hall–Kier alpha value is -1.84. The third-order valence-corrected chi connectivity index (χ3v) is 7.97. The van der Waals surface area contributed by atoms with E-state index in [0.717, 1.165) is 32.1 Å². The van der Waals surface area contributed by atoms with E-state index < -0.39 is 29.4 Å². The third kappa shape index (κ3) is 4.35. The topological polar surface area (TPSA) is 0 Å². The molecule has 4 heteroatoms. The number of fused-ring (bicyclic) bond motifs is 3. The monoisotopic (exact) mass is 460 g/mol. The van der Waals surface area contributed by atoms with Crippen molar-refractivity contribution in [2.24, 2.45) is 5.41 Å². The molecular weight excluding hydrogens is 424 g/mol. The Bertz CT molecular complexity index is 986. The number of rotatable bonds is 7. The summed E-state index contributed by atoms with van der Waals surface area (Å²) in [4.78, 5) is 0. The van der Waals surface area contributed by atoms with Crippen LogP contribution in [0.4, 0.5) is 17.6 Å². The van der Waals surface area contributed by atoms with Gasteiger partial charge in [0.15, 0.2) is 12.3 Å². The number of halogens is 4. The van der Waals surface area contributed by atoms with Crippen molar-refractivity contribution in [2.45, 2.75) is 103 Å². The van der Waals surface area contributed by atoms with Gasteiger partial charge in [0.05, 0.1) is 0 Å². The van der Waals surface area contributed by atoms with Gasteiger partial charge in [0.2, 0.25) is 0 Å². The van der Waals surface area contributed by atoms with Gasteiger partial charge in [-0.3, -0.25) is 0 Å². The number of allylic oxidation sites excluding steroid dienone is 6. The van der Waals surface area contributed by atoms with Crippen LogP contribution in [0.5, 0.6) is 0 Å². The Morgan fingerprint density at radius 1 is 1.00 bits per heavy atom. The zero-order valence-electron chi connectivity index (χ0n) is 20.1. The Kier molecular flexibility index (Phi) is 7.21. The van der Waals surface area contributed by atoms with Crippen molar-refractivity contribution >= 4 is 5.57 Å². The second kappa shape index (κ2) is 9.80. The molecule has 0 heterocycles. The van der Waals surface area contributed by atoms with Gasteiger partial charge in [-0.05, 0) is 67.6 Å². The largest absolute Gasteiger partial charge is 0.239 e. The SMILES string of the molecule is CCCCCC1=CCC(c2ccc3c(c2F)C(F)C(F)C2=C(F)C(C)(CCC)CC=C23)CC1. The molecule has 180 valence electrons. The summed E-state index contributed by atoms with van der Waals surface area (Å²) >= 11 is 0. The van der Waals surface area contributed by atoms with Crippen LogP contribution < -0.4 is 0 Å². The first-order valence-electron chi connectivity index (χ1n) is 12.7. The molecule has 4 rings (SSSR count). The van der Waals surface area contributed by atoms with Gasteiger partial charge in [-0.1, -0.05) is 69.9 Å². The zero-order chi connectivity index (χ0) is 23.8. The van der Waals surface area contributed by atoms with Crippen molar-refractivity contribution in [1.29, 1.82) is 0 Å². The van der Waals surface area contributed by atoms with Gasteiger partial charge in [-0.2, -0.15) is 0 Å². The molecule has 3 aliphatic rings. The normalized spacial score (nSPS) is 29.4. The number of alkyl halides is 2. The van der Waals surface area contributed by atoms with Crippen LogP contribution in [0, 0.1) is 11.2 Å². The minimum absolute atomic E-state index is 0.0302. The predicted octanol–water partition coefficient (Wildman–Crippen LogP) is 9.78. The van der Waals surface area contributed by atoms with Crippen LogP contribution in [-0.2, 0) is 0 Å². The number of unbranched alkanes of at least 4 members (excludes halogenated alkanes) is 2. The summed E-state index contributed by atoms with van der Waals surface area (Å²) in [6, 6.07) is 3.41. The van der Waals surface area contributed by atoms with Crippen LogP contribution in [-0.4, -0.2) is 6.17 Å². The van der Waals surface area contributed by atoms with Crippen molar-refractivity contribution < 1.29 is 17.6 Å². The van der Waals surface area contributed by atoms with E-state index >= 15 is 17.6 Å². The first kappa shape index (κ1) is 24.3. The van der Waals surface area contributed by atoms with Gasteiger partial charge in [-0.15, -0.1) is 0 Å². The van der Waals surface area contributed by atoms with E-state index in [1.807, 2.05) is 6.92 Å². The fraction of sp³-hybridized carbons (Fsp3) is 0.586.